The second-order valence-corrected chi connectivity index (χ2v) is 7.33. The molecule has 3 aromatic rings. The van der Waals surface area contributed by atoms with Crippen LogP contribution in [0.25, 0.3) is 0 Å². The van der Waals surface area contributed by atoms with E-state index >= 15 is 0 Å². The van der Waals surface area contributed by atoms with Crippen LogP contribution in [0.1, 0.15) is 43.3 Å². The molecule has 0 aliphatic rings. The summed E-state index contributed by atoms with van der Waals surface area (Å²) in [6, 6.07) is 12.5. The van der Waals surface area contributed by atoms with Gasteiger partial charge in [0.1, 0.15) is 5.69 Å². The molecule has 1 aromatic carbocycles. The van der Waals surface area contributed by atoms with Crippen molar-refractivity contribution >= 4 is 5.69 Å². The van der Waals surface area contributed by atoms with Crippen LogP contribution < -0.4 is 5.32 Å². The van der Waals surface area contributed by atoms with E-state index in [9.17, 15) is 0 Å². The van der Waals surface area contributed by atoms with E-state index in [0.29, 0.717) is 6.54 Å². The lowest BCUT2D eigenvalue weighted by Crippen LogP contribution is -2.22. The van der Waals surface area contributed by atoms with Gasteiger partial charge in [-0.1, -0.05) is 23.4 Å². The molecule has 0 bridgehead atoms. The van der Waals surface area contributed by atoms with Gasteiger partial charge in [-0.3, -0.25) is 4.98 Å². The summed E-state index contributed by atoms with van der Waals surface area (Å²) >= 11 is 0. The Balaban J connectivity index is 1.70. The van der Waals surface area contributed by atoms with Gasteiger partial charge in [0.25, 0.3) is 0 Å². The molecule has 0 aliphatic heterocycles. The van der Waals surface area contributed by atoms with Gasteiger partial charge in [0.15, 0.2) is 0 Å². The Kier molecular flexibility index (Phi) is 4.83. The van der Waals surface area contributed by atoms with E-state index in [1.54, 1.807) is 0 Å². The highest BCUT2D eigenvalue weighted by molar-refractivity contribution is 5.53. The molecular weight excluding hydrogens is 310 g/mol. The highest BCUT2D eigenvalue weighted by atomic mass is 15.4. The molecule has 130 valence electrons. The van der Waals surface area contributed by atoms with Crippen LogP contribution in [0.3, 0.4) is 0 Å². The maximum Gasteiger partial charge on any atom is 0.102 e. The zero-order chi connectivity index (χ0) is 17.9. The van der Waals surface area contributed by atoms with E-state index in [-0.39, 0.29) is 5.54 Å². The molecule has 0 atom stereocenters. The van der Waals surface area contributed by atoms with E-state index in [4.69, 9.17) is 0 Å². The van der Waals surface area contributed by atoms with Crippen molar-refractivity contribution in [2.45, 2.75) is 46.2 Å². The number of benzene rings is 1. The van der Waals surface area contributed by atoms with Gasteiger partial charge in [-0.2, -0.15) is 0 Å². The minimum Gasteiger partial charge on any atom is -0.379 e. The number of rotatable bonds is 5. The van der Waals surface area contributed by atoms with Crippen LogP contribution in [0, 0.1) is 6.92 Å². The van der Waals surface area contributed by atoms with Crippen LogP contribution in [-0.4, -0.2) is 20.0 Å². The molecule has 1 N–H and O–H groups in total. The van der Waals surface area contributed by atoms with Gasteiger partial charge in [0.05, 0.1) is 18.3 Å². The standard InChI is InChI=1S/C20H25N5/c1-15-8-9-16(11-17-7-5-6-10-21-17)12-19(15)22-13-18-14-25(24-23-18)20(2,3)4/h5-10,12,14,22H,11,13H2,1-4H3. The van der Waals surface area contributed by atoms with Gasteiger partial charge in [0.2, 0.25) is 0 Å². The minimum absolute atomic E-state index is 0.0518. The van der Waals surface area contributed by atoms with E-state index in [1.165, 1.54) is 11.1 Å². The molecule has 0 unspecified atom stereocenters. The zero-order valence-electron chi connectivity index (χ0n) is 15.3. The molecule has 0 radical (unpaired) electrons. The van der Waals surface area contributed by atoms with Gasteiger partial charge >= 0.3 is 0 Å². The molecule has 0 saturated heterocycles. The Labute approximate surface area is 149 Å². The Hall–Kier alpha value is -2.69. The lowest BCUT2D eigenvalue weighted by molar-refractivity contribution is 0.347. The topological polar surface area (TPSA) is 55.6 Å². The zero-order valence-corrected chi connectivity index (χ0v) is 15.3. The number of nitrogens with zero attached hydrogens (tertiary/aromatic N) is 4. The average molecular weight is 335 g/mol. The summed E-state index contributed by atoms with van der Waals surface area (Å²) in [6.45, 7) is 9.11. The Bertz CT molecular complexity index is 831. The first kappa shape index (κ1) is 17.1. The Morgan fingerprint density at radius 3 is 2.60 bits per heavy atom. The predicted molar refractivity (Wildman–Crippen MR) is 101 cm³/mol. The largest absolute Gasteiger partial charge is 0.379 e. The molecule has 2 aromatic heterocycles. The number of hydrogen-bond donors (Lipinski definition) is 1. The lowest BCUT2D eigenvalue weighted by atomic mass is 10.1. The van der Waals surface area contributed by atoms with Crippen molar-refractivity contribution in [1.82, 2.24) is 20.0 Å². The summed E-state index contributed by atoms with van der Waals surface area (Å²) in [7, 11) is 0. The summed E-state index contributed by atoms with van der Waals surface area (Å²) in [5, 5.41) is 12.0. The van der Waals surface area contributed by atoms with E-state index < -0.39 is 0 Å². The van der Waals surface area contributed by atoms with Crippen molar-refractivity contribution in [1.29, 1.82) is 0 Å². The summed E-state index contributed by atoms with van der Waals surface area (Å²) in [5.74, 6) is 0. The molecule has 0 spiro atoms. The first-order chi connectivity index (χ1) is 11.9. The van der Waals surface area contributed by atoms with Crippen molar-refractivity contribution in [3.63, 3.8) is 0 Å². The summed E-state index contributed by atoms with van der Waals surface area (Å²) in [4.78, 5) is 4.40. The molecule has 0 fully saturated rings. The molecule has 0 amide bonds. The number of pyridine rings is 1. The van der Waals surface area contributed by atoms with E-state index in [2.05, 4.69) is 72.6 Å². The van der Waals surface area contributed by atoms with Gasteiger partial charge in [0, 0.05) is 24.0 Å². The maximum atomic E-state index is 4.40. The smallest absolute Gasteiger partial charge is 0.102 e. The lowest BCUT2D eigenvalue weighted by Gasteiger charge is -2.17. The van der Waals surface area contributed by atoms with Crippen LogP contribution in [0.5, 0.6) is 0 Å². The second kappa shape index (κ2) is 7.05. The fourth-order valence-corrected chi connectivity index (χ4v) is 2.57. The quantitative estimate of drug-likeness (QED) is 0.767. The fourth-order valence-electron chi connectivity index (χ4n) is 2.57. The van der Waals surface area contributed by atoms with Gasteiger partial charge in [-0.25, -0.2) is 4.68 Å². The molecule has 0 aliphatic carbocycles. The fraction of sp³-hybridized carbons (Fsp3) is 0.350. The van der Waals surface area contributed by atoms with Gasteiger partial charge < -0.3 is 5.32 Å². The SMILES string of the molecule is Cc1ccc(Cc2ccccn2)cc1NCc1cn(C(C)(C)C)nn1. The molecule has 25 heavy (non-hydrogen) atoms. The van der Waals surface area contributed by atoms with Gasteiger partial charge in [-0.05, 0) is 57.0 Å². The van der Waals surface area contributed by atoms with Crippen LogP contribution in [0.2, 0.25) is 0 Å². The Morgan fingerprint density at radius 2 is 1.92 bits per heavy atom. The highest BCUT2D eigenvalue weighted by Crippen LogP contribution is 2.20. The highest BCUT2D eigenvalue weighted by Gasteiger charge is 2.15. The second-order valence-electron chi connectivity index (χ2n) is 7.33. The van der Waals surface area contributed by atoms with Crippen LogP contribution in [0.4, 0.5) is 5.69 Å². The summed E-state index contributed by atoms with van der Waals surface area (Å²) in [5.41, 5.74) is 5.54. The Morgan fingerprint density at radius 1 is 1.08 bits per heavy atom. The normalized spacial score (nSPS) is 11.5. The maximum absolute atomic E-state index is 4.40. The number of aryl methyl sites for hydroxylation is 1. The van der Waals surface area contributed by atoms with Crippen molar-refractivity contribution < 1.29 is 0 Å². The molecule has 0 saturated carbocycles. The van der Waals surface area contributed by atoms with Crippen molar-refractivity contribution in [2.24, 2.45) is 0 Å². The monoisotopic (exact) mass is 335 g/mol. The summed E-state index contributed by atoms with van der Waals surface area (Å²) in [6.07, 6.45) is 4.66. The first-order valence-electron chi connectivity index (χ1n) is 8.57. The molecule has 3 rings (SSSR count). The van der Waals surface area contributed by atoms with Crippen LogP contribution in [0.15, 0.2) is 48.8 Å². The third-order valence-corrected chi connectivity index (χ3v) is 4.10. The average Bonchev–Trinajstić information content (AvgIpc) is 3.06. The molecular formula is C20H25N5. The number of nitrogens with one attached hydrogen (secondary N) is 1. The number of anilines is 1. The van der Waals surface area contributed by atoms with Crippen LogP contribution >= 0.6 is 0 Å². The predicted octanol–water partition coefficient (Wildman–Crippen LogP) is 3.94. The summed E-state index contributed by atoms with van der Waals surface area (Å²) < 4.78 is 1.90. The molecule has 5 heteroatoms. The van der Waals surface area contributed by atoms with Crippen LogP contribution in [-0.2, 0) is 18.5 Å². The third-order valence-electron chi connectivity index (χ3n) is 4.10. The minimum atomic E-state index is -0.0518. The van der Waals surface area contributed by atoms with E-state index in [1.807, 2.05) is 29.2 Å². The van der Waals surface area contributed by atoms with E-state index in [0.717, 1.165) is 23.5 Å². The van der Waals surface area contributed by atoms with Crippen molar-refractivity contribution in [3.05, 3.63) is 71.3 Å². The third kappa shape index (κ3) is 4.44. The molecule has 5 nitrogen and oxygen atoms in total. The first-order valence-corrected chi connectivity index (χ1v) is 8.57. The number of aromatic nitrogens is 4. The van der Waals surface area contributed by atoms with Crippen molar-refractivity contribution in [2.75, 3.05) is 5.32 Å². The molecule has 2 heterocycles. The van der Waals surface area contributed by atoms with Crippen molar-refractivity contribution in [3.8, 4) is 0 Å². The van der Waals surface area contributed by atoms with Gasteiger partial charge in [-0.15, -0.1) is 5.10 Å². The number of hydrogen-bond acceptors (Lipinski definition) is 4.